The molecule has 0 fully saturated rings. The summed E-state index contributed by atoms with van der Waals surface area (Å²) in [6, 6.07) is 1.48. The van der Waals surface area contributed by atoms with Crippen LogP contribution in [-0.2, 0) is 15.3 Å². The number of carboxylic acids is 1. The summed E-state index contributed by atoms with van der Waals surface area (Å²) >= 11 is 2.77. The number of rotatable bonds is 9. The zero-order valence-electron chi connectivity index (χ0n) is 14.2. The molecule has 2 rings (SSSR count). The van der Waals surface area contributed by atoms with E-state index in [9.17, 15) is 14.4 Å². The lowest BCUT2D eigenvalue weighted by Crippen LogP contribution is -2.37. The van der Waals surface area contributed by atoms with Gasteiger partial charge in [-0.1, -0.05) is 13.8 Å². The van der Waals surface area contributed by atoms with Crippen molar-refractivity contribution in [2.75, 3.05) is 18.8 Å². The minimum absolute atomic E-state index is 0.0590. The molecule has 0 spiro atoms. The Kier molecular flexibility index (Phi) is 7.01. The van der Waals surface area contributed by atoms with Crippen LogP contribution in [0.25, 0.3) is 4.96 Å². The summed E-state index contributed by atoms with van der Waals surface area (Å²) in [6.07, 6.45) is 1.62. The van der Waals surface area contributed by atoms with Crippen molar-refractivity contribution in [1.82, 2.24) is 14.3 Å². The number of nitrogens with zero attached hydrogens (tertiary/aromatic N) is 3. The molecule has 1 N–H and O–H groups in total. The number of aromatic nitrogens is 2. The molecule has 0 unspecified atom stereocenters. The summed E-state index contributed by atoms with van der Waals surface area (Å²) in [5.41, 5.74) is 0.516. The molecule has 0 aliphatic rings. The number of carbonyl (C=O) groups excluding carboxylic acids is 1. The molecule has 0 atom stereocenters. The molecular weight excluding hydrogens is 362 g/mol. The van der Waals surface area contributed by atoms with E-state index >= 15 is 0 Å². The van der Waals surface area contributed by atoms with E-state index in [0.717, 1.165) is 0 Å². The van der Waals surface area contributed by atoms with Crippen molar-refractivity contribution in [2.45, 2.75) is 26.0 Å². The summed E-state index contributed by atoms with van der Waals surface area (Å²) < 4.78 is 1.49. The van der Waals surface area contributed by atoms with Crippen LogP contribution in [-0.4, -0.2) is 50.1 Å². The molecule has 136 valence electrons. The number of carboxylic acid groups (broad SMARTS) is 1. The lowest BCUT2D eigenvalue weighted by Gasteiger charge is -2.23. The van der Waals surface area contributed by atoms with Gasteiger partial charge in [0, 0.05) is 36.5 Å². The van der Waals surface area contributed by atoms with Crippen molar-refractivity contribution in [3.63, 3.8) is 0 Å². The fourth-order valence-electron chi connectivity index (χ4n) is 2.29. The number of thiazole rings is 1. The van der Waals surface area contributed by atoms with E-state index in [2.05, 4.69) is 4.98 Å². The van der Waals surface area contributed by atoms with E-state index in [1.54, 1.807) is 16.5 Å². The van der Waals surface area contributed by atoms with Crippen LogP contribution in [0.15, 0.2) is 22.4 Å². The van der Waals surface area contributed by atoms with E-state index in [1.165, 1.54) is 33.6 Å². The van der Waals surface area contributed by atoms with Gasteiger partial charge in [0.05, 0.1) is 17.9 Å². The smallest absolute Gasteiger partial charge is 0.305 e. The molecule has 0 saturated heterocycles. The van der Waals surface area contributed by atoms with Gasteiger partial charge >= 0.3 is 5.97 Å². The molecule has 2 aromatic rings. The standard InChI is InChI=1S/C16H21N3O4S2/c1-11(2)8-18(4-3-15(22)23)14(21)10-24-9-12-7-13(20)19-5-6-25-16(19)17-12/h5-7,11H,3-4,8-10H2,1-2H3,(H,22,23). The number of thioether (sulfide) groups is 1. The molecule has 0 aliphatic carbocycles. The Hall–Kier alpha value is -1.87. The molecule has 2 aromatic heterocycles. The van der Waals surface area contributed by atoms with Crippen LogP contribution in [0, 0.1) is 5.92 Å². The average Bonchev–Trinajstić information content (AvgIpc) is 2.99. The fourth-order valence-corrected chi connectivity index (χ4v) is 3.84. The van der Waals surface area contributed by atoms with E-state index in [-0.39, 0.29) is 36.1 Å². The summed E-state index contributed by atoms with van der Waals surface area (Å²) in [4.78, 5) is 41.7. The lowest BCUT2D eigenvalue weighted by molar-refractivity contribution is -0.138. The van der Waals surface area contributed by atoms with E-state index in [4.69, 9.17) is 5.11 Å². The highest BCUT2D eigenvalue weighted by molar-refractivity contribution is 7.99. The third-order valence-electron chi connectivity index (χ3n) is 3.37. The predicted molar refractivity (Wildman–Crippen MR) is 99.2 cm³/mol. The topological polar surface area (TPSA) is 92.0 Å². The van der Waals surface area contributed by atoms with Crippen molar-refractivity contribution < 1.29 is 14.7 Å². The van der Waals surface area contributed by atoms with Crippen molar-refractivity contribution >= 4 is 39.9 Å². The average molecular weight is 383 g/mol. The monoisotopic (exact) mass is 383 g/mol. The first-order valence-corrected chi connectivity index (χ1v) is 9.93. The molecule has 1 amide bonds. The van der Waals surface area contributed by atoms with Gasteiger partial charge in [-0.25, -0.2) is 4.98 Å². The lowest BCUT2D eigenvalue weighted by atomic mass is 10.2. The SMILES string of the molecule is CC(C)CN(CCC(=O)O)C(=O)CSCc1cc(=O)n2ccsc2n1. The minimum atomic E-state index is -0.914. The highest BCUT2D eigenvalue weighted by atomic mass is 32.2. The predicted octanol–water partition coefficient (Wildman–Crippen LogP) is 1.95. The summed E-state index contributed by atoms with van der Waals surface area (Å²) in [6.45, 7) is 4.73. The molecular formula is C16H21N3O4S2. The highest BCUT2D eigenvalue weighted by Gasteiger charge is 2.16. The molecule has 0 saturated carbocycles. The quantitative estimate of drug-likeness (QED) is 0.712. The summed E-state index contributed by atoms with van der Waals surface area (Å²) in [5, 5.41) is 10.6. The van der Waals surface area contributed by atoms with Gasteiger partial charge in [-0.3, -0.25) is 18.8 Å². The molecule has 9 heteroatoms. The largest absolute Gasteiger partial charge is 0.481 e. The van der Waals surface area contributed by atoms with Crippen LogP contribution in [0.5, 0.6) is 0 Å². The van der Waals surface area contributed by atoms with Crippen LogP contribution in [0.2, 0.25) is 0 Å². The summed E-state index contributed by atoms with van der Waals surface area (Å²) in [5.74, 6) is -0.0375. The maximum absolute atomic E-state index is 12.3. The minimum Gasteiger partial charge on any atom is -0.481 e. The fraction of sp³-hybridized carbons (Fsp3) is 0.500. The van der Waals surface area contributed by atoms with Crippen LogP contribution in [0.4, 0.5) is 0 Å². The normalized spacial score (nSPS) is 11.2. The van der Waals surface area contributed by atoms with E-state index in [0.29, 0.717) is 23.0 Å². The number of hydrogen-bond acceptors (Lipinski definition) is 6. The van der Waals surface area contributed by atoms with Crippen LogP contribution >= 0.6 is 23.1 Å². The van der Waals surface area contributed by atoms with Crippen LogP contribution in [0.1, 0.15) is 26.0 Å². The van der Waals surface area contributed by atoms with Gasteiger partial charge < -0.3 is 10.0 Å². The second-order valence-electron chi connectivity index (χ2n) is 6.01. The Balaban J connectivity index is 1.91. The van der Waals surface area contributed by atoms with Crippen LogP contribution < -0.4 is 5.56 Å². The molecule has 2 heterocycles. The maximum Gasteiger partial charge on any atom is 0.305 e. The molecule has 25 heavy (non-hydrogen) atoms. The Morgan fingerprint density at radius 3 is 2.88 bits per heavy atom. The van der Waals surface area contributed by atoms with Crippen molar-refractivity contribution in [2.24, 2.45) is 5.92 Å². The van der Waals surface area contributed by atoms with Crippen molar-refractivity contribution in [3.05, 3.63) is 33.7 Å². The van der Waals surface area contributed by atoms with Gasteiger partial charge in [0.1, 0.15) is 0 Å². The van der Waals surface area contributed by atoms with Gasteiger partial charge in [0.25, 0.3) is 5.56 Å². The number of carbonyl (C=O) groups is 2. The van der Waals surface area contributed by atoms with Gasteiger partial charge in [-0.15, -0.1) is 23.1 Å². The number of aliphatic carboxylic acids is 1. The zero-order valence-corrected chi connectivity index (χ0v) is 15.8. The second kappa shape index (κ2) is 9.00. The first kappa shape index (κ1) is 19.5. The second-order valence-corrected chi connectivity index (χ2v) is 7.87. The Bertz CT molecular complexity index is 800. The molecule has 0 radical (unpaired) electrons. The first-order chi connectivity index (χ1) is 11.9. The van der Waals surface area contributed by atoms with Crippen LogP contribution in [0.3, 0.4) is 0 Å². The first-order valence-electron chi connectivity index (χ1n) is 7.90. The van der Waals surface area contributed by atoms with Crippen molar-refractivity contribution in [3.8, 4) is 0 Å². The zero-order chi connectivity index (χ0) is 18.4. The van der Waals surface area contributed by atoms with Crippen molar-refractivity contribution in [1.29, 1.82) is 0 Å². The Morgan fingerprint density at radius 2 is 2.20 bits per heavy atom. The Labute approximate surface area is 153 Å². The molecule has 0 bridgehead atoms. The number of hydrogen-bond donors (Lipinski definition) is 1. The highest BCUT2D eigenvalue weighted by Crippen LogP contribution is 2.13. The van der Waals surface area contributed by atoms with Gasteiger partial charge in [0.2, 0.25) is 5.91 Å². The maximum atomic E-state index is 12.3. The van der Waals surface area contributed by atoms with Gasteiger partial charge in [-0.2, -0.15) is 0 Å². The van der Waals surface area contributed by atoms with E-state index < -0.39 is 5.97 Å². The van der Waals surface area contributed by atoms with E-state index in [1.807, 2.05) is 13.8 Å². The molecule has 0 aliphatic heterocycles. The van der Waals surface area contributed by atoms with Gasteiger partial charge in [-0.05, 0) is 5.92 Å². The third kappa shape index (κ3) is 5.86. The number of fused-ring (bicyclic) bond motifs is 1. The number of amides is 1. The Morgan fingerprint density at radius 1 is 1.44 bits per heavy atom. The van der Waals surface area contributed by atoms with Gasteiger partial charge in [0.15, 0.2) is 4.96 Å². The summed E-state index contributed by atoms with van der Waals surface area (Å²) in [7, 11) is 0. The molecule has 7 nitrogen and oxygen atoms in total. The molecule has 0 aromatic carbocycles. The third-order valence-corrected chi connectivity index (χ3v) is 5.07.